The predicted octanol–water partition coefficient (Wildman–Crippen LogP) is 5.55. The Labute approximate surface area is 232 Å². The minimum Gasteiger partial charge on any atom is -0.487 e. The number of hydrogen-bond donors (Lipinski definition) is 1. The number of rotatable bonds is 9. The molecular weight excluding hydrogens is 504 g/mol. The fraction of sp³-hybridized carbons (Fsp3) is 0.281. The summed E-state index contributed by atoms with van der Waals surface area (Å²) in [6, 6.07) is 22.1. The number of hydrogen-bond acceptors (Lipinski definition) is 7. The Morgan fingerprint density at radius 3 is 2.83 bits per heavy atom. The second kappa shape index (κ2) is 11.4. The van der Waals surface area contributed by atoms with Crippen molar-refractivity contribution in [1.29, 1.82) is 0 Å². The molecule has 0 spiro atoms. The van der Waals surface area contributed by atoms with Gasteiger partial charge in [-0.15, -0.1) is 0 Å². The zero-order chi connectivity index (χ0) is 27.5. The molecule has 40 heavy (non-hydrogen) atoms. The van der Waals surface area contributed by atoms with E-state index in [1.807, 2.05) is 42.5 Å². The molecule has 1 saturated heterocycles. The highest BCUT2D eigenvalue weighted by Gasteiger charge is 2.20. The molecule has 3 heterocycles. The molecule has 1 unspecified atom stereocenters. The number of nitrogen functional groups attached to an aromatic ring is 1. The number of ether oxygens (including phenoxy) is 3. The zero-order valence-corrected chi connectivity index (χ0v) is 22.5. The van der Waals surface area contributed by atoms with Crippen LogP contribution in [0.4, 0.5) is 5.82 Å². The van der Waals surface area contributed by atoms with Crippen LogP contribution in [-0.4, -0.2) is 40.6 Å². The first-order valence-corrected chi connectivity index (χ1v) is 13.7. The molecule has 0 amide bonds. The van der Waals surface area contributed by atoms with Gasteiger partial charge in [0.1, 0.15) is 23.9 Å². The Bertz CT molecular complexity index is 1670. The van der Waals surface area contributed by atoms with Crippen molar-refractivity contribution in [1.82, 2.24) is 14.8 Å². The van der Waals surface area contributed by atoms with Gasteiger partial charge in [-0.3, -0.25) is 9.48 Å². The first-order valence-electron chi connectivity index (χ1n) is 13.7. The fourth-order valence-electron chi connectivity index (χ4n) is 5.42. The third-order valence-electron chi connectivity index (χ3n) is 7.41. The van der Waals surface area contributed by atoms with Crippen molar-refractivity contribution in [3.05, 3.63) is 84.2 Å². The Hall–Kier alpha value is -4.43. The first kappa shape index (κ1) is 25.8. The lowest BCUT2D eigenvalue weighted by atomic mass is 9.97. The molecule has 5 aromatic rings. The number of anilines is 1. The number of pyridine rings is 1. The van der Waals surface area contributed by atoms with Crippen molar-refractivity contribution < 1.29 is 19.0 Å². The lowest BCUT2D eigenvalue weighted by Crippen LogP contribution is -2.12. The number of carbonyl (C=O) groups is 1. The van der Waals surface area contributed by atoms with Crippen LogP contribution in [0.3, 0.4) is 0 Å². The van der Waals surface area contributed by atoms with E-state index < -0.39 is 0 Å². The molecule has 2 aromatic heterocycles. The van der Waals surface area contributed by atoms with Crippen LogP contribution in [0.1, 0.15) is 24.6 Å². The largest absolute Gasteiger partial charge is 0.487 e. The van der Waals surface area contributed by atoms with Gasteiger partial charge < -0.3 is 19.9 Å². The highest BCUT2D eigenvalue weighted by atomic mass is 16.5. The second-order valence-electron chi connectivity index (χ2n) is 10.1. The van der Waals surface area contributed by atoms with E-state index >= 15 is 0 Å². The van der Waals surface area contributed by atoms with Crippen LogP contribution in [0.15, 0.2) is 72.9 Å². The summed E-state index contributed by atoms with van der Waals surface area (Å²) in [5.41, 5.74) is 11.0. The highest BCUT2D eigenvalue weighted by Crippen LogP contribution is 2.34. The molecule has 0 radical (unpaired) electrons. The van der Waals surface area contributed by atoms with Gasteiger partial charge in [0.05, 0.1) is 25.2 Å². The summed E-state index contributed by atoms with van der Waals surface area (Å²) in [5.74, 6) is 1.32. The molecule has 6 rings (SSSR count). The van der Waals surface area contributed by atoms with Crippen LogP contribution >= 0.6 is 0 Å². The summed E-state index contributed by atoms with van der Waals surface area (Å²) in [6.07, 6.45) is 2.93. The minimum absolute atomic E-state index is 0.157. The summed E-state index contributed by atoms with van der Waals surface area (Å²) in [5, 5.41) is 8.02. The first-order chi connectivity index (χ1) is 19.6. The number of carbonyl (C=O) groups excluding carboxylic acids is 1. The number of esters is 1. The van der Waals surface area contributed by atoms with Gasteiger partial charge in [-0.25, -0.2) is 4.98 Å². The monoisotopic (exact) mass is 536 g/mol. The average molecular weight is 537 g/mol. The van der Waals surface area contributed by atoms with Crippen LogP contribution in [0, 0.1) is 5.92 Å². The van der Waals surface area contributed by atoms with E-state index in [0.717, 1.165) is 70.2 Å². The average Bonchev–Trinajstić information content (AvgIpc) is 3.60. The molecule has 8 nitrogen and oxygen atoms in total. The molecule has 1 fully saturated rings. The van der Waals surface area contributed by atoms with Crippen molar-refractivity contribution >= 4 is 33.5 Å². The van der Waals surface area contributed by atoms with Gasteiger partial charge in [0, 0.05) is 41.6 Å². The third-order valence-corrected chi connectivity index (χ3v) is 7.41. The van der Waals surface area contributed by atoms with E-state index in [4.69, 9.17) is 25.0 Å². The van der Waals surface area contributed by atoms with E-state index in [9.17, 15) is 4.79 Å². The third kappa shape index (κ3) is 5.22. The Balaban J connectivity index is 1.37. The Morgan fingerprint density at radius 1 is 1.07 bits per heavy atom. The molecule has 0 aliphatic carbocycles. The van der Waals surface area contributed by atoms with Crippen molar-refractivity contribution in [3.63, 3.8) is 0 Å². The van der Waals surface area contributed by atoms with Crippen LogP contribution in [0.5, 0.6) is 5.75 Å². The summed E-state index contributed by atoms with van der Waals surface area (Å²) in [4.78, 5) is 16.4. The topological polar surface area (TPSA) is 101 Å². The molecule has 8 heteroatoms. The summed E-state index contributed by atoms with van der Waals surface area (Å²) < 4.78 is 19.1. The zero-order valence-electron chi connectivity index (χ0n) is 22.5. The van der Waals surface area contributed by atoms with Gasteiger partial charge >= 0.3 is 5.97 Å². The lowest BCUT2D eigenvalue weighted by Gasteiger charge is -2.11. The van der Waals surface area contributed by atoms with E-state index in [-0.39, 0.29) is 19.0 Å². The number of fused-ring (bicyclic) bond motifs is 2. The van der Waals surface area contributed by atoms with E-state index in [1.165, 1.54) is 0 Å². The van der Waals surface area contributed by atoms with Crippen LogP contribution < -0.4 is 10.5 Å². The van der Waals surface area contributed by atoms with E-state index in [1.54, 1.807) is 13.1 Å². The SMILES string of the molecule is CCOC(=O)Cc1ccccc1OCc1nn(CC2CCOC2)c2ccc(-c3cccc4c(N)nccc34)cc12. The molecule has 0 bridgehead atoms. The molecule has 1 atom stereocenters. The number of nitrogens with two attached hydrogens (primary N) is 1. The molecule has 3 aromatic carbocycles. The summed E-state index contributed by atoms with van der Waals surface area (Å²) in [7, 11) is 0. The van der Waals surface area contributed by atoms with Gasteiger partial charge in [-0.1, -0.05) is 42.5 Å². The lowest BCUT2D eigenvalue weighted by molar-refractivity contribution is -0.142. The van der Waals surface area contributed by atoms with Gasteiger partial charge in [0.2, 0.25) is 0 Å². The number of para-hydroxylation sites is 1. The van der Waals surface area contributed by atoms with Crippen molar-refractivity contribution in [2.75, 3.05) is 25.6 Å². The molecule has 2 N–H and O–H groups in total. The summed E-state index contributed by atoms with van der Waals surface area (Å²) in [6.45, 7) is 4.74. The normalized spacial score (nSPS) is 15.1. The molecule has 1 aliphatic heterocycles. The molecule has 0 saturated carbocycles. The van der Waals surface area contributed by atoms with Gasteiger partial charge in [-0.2, -0.15) is 5.10 Å². The Morgan fingerprint density at radius 2 is 1.98 bits per heavy atom. The number of nitrogens with zero attached hydrogens (tertiary/aromatic N) is 3. The number of benzene rings is 3. The van der Waals surface area contributed by atoms with E-state index in [2.05, 4.69) is 33.9 Å². The van der Waals surface area contributed by atoms with Gasteiger partial charge in [-0.05, 0) is 54.1 Å². The standard InChI is InChI=1S/C32H32N4O4/c1-2-39-31(37)17-23-6-3-4-9-30(23)40-20-28-27-16-22(24-7-5-8-26-25(24)12-14-34-32(26)33)10-11-29(27)36(35-28)18-21-13-15-38-19-21/h3-12,14,16,21H,2,13,15,17-20H2,1H3,(H2,33,34). The smallest absolute Gasteiger partial charge is 0.310 e. The number of aromatic nitrogens is 3. The summed E-state index contributed by atoms with van der Waals surface area (Å²) >= 11 is 0. The van der Waals surface area contributed by atoms with Crippen LogP contribution in [0.25, 0.3) is 32.8 Å². The van der Waals surface area contributed by atoms with Crippen molar-refractivity contribution in [3.8, 4) is 16.9 Å². The molecule has 204 valence electrons. The van der Waals surface area contributed by atoms with Crippen LogP contribution in [0.2, 0.25) is 0 Å². The van der Waals surface area contributed by atoms with Crippen molar-refractivity contribution in [2.24, 2.45) is 5.92 Å². The highest BCUT2D eigenvalue weighted by molar-refractivity contribution is 6.02. The van der Waals surface area contributed by atoms with Gasteiger partial charge in [0.25, 0.3) is 0 Å². The maximum atomic E-state index is 12.2. The molecular formula is C32H32N4O4. The van der Waals surface area contributed by atoms with E-state index in [0.29, 0.717) is 24.1 Å². The minimum atomic E-state index is -0.275. The Kier molecular flexibility index (Phi) is 7.33. The predicted molar refractivity (Wildman–Crippen MR) is 155 cm³/mol. The van der Waals surface area contributed by atoms with Crippen LogP contribution in [-0.2, 0) is 33.8 Å². The van der Waals surface area contributed by atoms with Gasteiger partial charge in [0.15, 0.2) is 0 Å². The maximum absolute atomic E-state index is 12.2. The second-order valence-corrected chi connectivity index (χ2v) is 10.1. The van der Waals surface area contributed by atoms with Crippen molar-refractivity contribution in [2.45, 2.75) is 32.9 Å². The quantitative estimate of drug-likeness (QED) is 0.246. The fourth-order valence-corrected chi connectivity index (χ4v) is 5.42. The molecule has 1 aliphatic rings. The maximum Gasteiger partial charge on any atom is 0.310 e.